The normalized spacial score (nSPS) is 26.9. The van der Waals surface area contributed by atoms with E-state index in [-0.39, 0.29) is 5.79 Å². The number of hydrogen-bond acceptors (Lipinski definition) is 4. The molecule has 2 saturated carbocycles. The molecule has 5 rings (SSSR count). The fourth-order valence-corrected chi connectivity index (χ4v) is 4.68. The molecule has 0 N–H and O–H groups in total. The van der Waals surface area contributed by atoms with Gasteiger partial charge in [0, 0.05) is 19.4 Å². The fourth-order valence-electron chi connectivity index (χ4n) is 4.68. The molecule has 0 amide bonds. The van der Waals surface area contributed by atoms with Crippen molar-refractivity contribution in [1.29, 1.82) is 5.26 Å². The van der Waals surface area contributed by atoms with Crippen LogP contribution in [0.5, 0.6) is 0 Å². The topological polar surface area (TPSA) is 60.1 Å². The van der Waals surface area contributed by atoms with Crippen LogP contribution in [0.15, 0.2) is 24.5 Å². The van der Waals surface area contributed by atoms with Crippen LogP contribution in [-0.2, 0) is 16.0 Å². The zero-order chi connectivity index (χ0) is 16.2. The van der Waals surface area contributed by atoms with Gasteiger partial charge in [0.2, 0.25) is 0 Å². The van der Waals surface area contributed by atoms with E-state index < -0.39 is 0 Å². The van der Waals surface area contributed by atoms with Crippen LogP contribution in [0, 0.1) is 22.7 Å². The highest BCUT2D eigenvalue weighted by Crippen LogP contribution is 2.62. The van der Waals surface area contributed by atoms with Crippen molar-refractivity contribution in [1.82, 2.24) is 9.55 Å². The third kappa shape index (κ3) is 2.17. The highest BCUT2D eigenvalue weighted by molar-refractivity contribution is 5.76. The van der Waals surface area contributed by atoms with Gasteiger partial charge < -0.3 is 14.0 Å². The van der Waals surface area contributed by atoms with Gasteiger partial charge in [-0.1, -0.05) is 0 Å². The van der Waals surface area contributed by atoms with Crippen molar-refractivity contribution in [3.63, 3.8) is 0 Å². The number of ether oxygens (including phenoxy) is 2. The Hall–Kier alpha value is -1.90. The van der Waals surface area contributed by atoms with Gasteiger partial charge in [-0.25, -0.2) is 4.98 Å². The van der Waals surface area contributed by atoms with E-state index in [0.717, 1.165) is 43.6 Å². The first-order valence-electron chi connectivity index (χ1n) is 8.85. The van der Waals surface area contributed by atoms with Gasteiger partial charge in [0.25, 0.3) is 0 Å². The number of nitriles is 1. The standard InChI is InChI=1S/C19H21N3O2/c20-11-14-1-2-16-17(9-14)22(13-21-16)12-15-10-19(23-7-8-24-19)6-5-18(15)3-4-18/h1-2,9,13,15H,3-8,10,12H2/t15-/m0/s1. The van der Waals surface area contributed by atoms with E-state index in [1.807, 2.05) is 24.5 Å². The van der Waals surface area contributed by atoms with Crippen LogP contribution >= 0.6 is 0 Å². The van der Waals surface area contributed by atoms with E-state index >= 15 is 0 Å². The fraction of sp³-hybridized carbons (Fsp3) is 0.579. The van der Waals surface area contributed by atoms with E-state index in [1.165, 1.54) is 19.3 Å². The number of benzene rings is 1. The summed E-state index contributed by atoms with van der Waals surface area (Å²) in [5.41, 5.74) is 3.17. The molecule has 1 aromatic carbocycles. The lowest BCUT2D eigenvalue weighted by Crippen LogP contribution is -2.42. The van der Waals surface area contributed by atoms with Crippen molar-refractivity contribution in [2.45, 2.75) is 44.4 Å². The Morgan fingerprint density at radius 2 is 2.00 bits per heavy atom. The molecule has 2 spiro atoms. The van der Waals surface area contributed by atoms with E-state index in [0.29, 0.717) is 16.9 Å². The van der Waals surface area contributed by atoms with Crippen molar-refractivity contribution < 1.29 is 9.47 Å². The number of imidazole rings is 1. The zero-order valence-corrected chi connectivity index (χ0v) is 13.7. The van der Waals surface area contributed by atoms with Gasteiger partial charge in [-0.05, 0) is 48.8 Å². The number of nitrogens with zero attached hydrogens (tertiary/aromatic N) is 3. The van der Waals surface area contributed by atoms with Crippen molar-refractivity contribution in [2.24, 2.45) is 11.3 Å². The molecule has 1 aliphatic heterocycles. The molecule has 5 nitrogen and oxygen atoms in total. The van der Waals surface area contributed by atoms with Gasteiger partial charge in [0.05, 0.1) is 42.2 Å². The van der Waals surface area contributed by atoms with Gasteiger partial charge in [0.1, 0.15) is 0 Å². The Bertz CT molecular complexity index is 825. The van der Waals surface area contributed by atoms with E-state index in [1.54, 1.807) is 0 Å². The molecule has 1 saturated heterocycles. The molecule has 24 heavy (non-hydrogen) atoms. The lowest BCUT2D eigenvalue weighted by atomic mass is 9.73. The van der Waals surface area contributed by atoms with Crippen LogP contribution in [0.2, 0.25) is 0 Å². The van der Waals surface area contributed by atoms with E-state index in [4.69, 9.17) is 14.7 Å². The summed E-state index contributed by atoms with van der Waals surface area (Å²) in [5, 5.41) is 9.17. The molecule has 3 aliphatic rings. The lowest BCUT2D eigenvalue weighted by molar-refractivity contribution is -0.199. The number of fused-ring (bicyclic) bond motifs is 1. The van der Waals surface area contributed by atoms with Crippen molar-refractivity contribution in [3.8, 4) is 6.07 Å². The first-order valence-corrected chi connectivity index (χ1v) is 8.85. The van der Waals surface area contributed by atoms with Crippen molar-refractivity contribution >= 4 is 11.0 Å². The first-order chi connectivity index (χ1) is 11.7. The predicted molar refractivity (Wildman–Crippen MR) is 88.1 cm³/mol. The minimum absolute atomic E-state index is 0.341. The lowest BCUT2D eigenvalue weighted by Gasteiger charge is -2.42. The third-order valence-electron chi connectivity index (χ3n) is 6.30. The molecule has 1 aromatic heterocycles. The minimum Gasteiger partial charge on any atom is -0.348 e. The van der Waals surface area contributed by atoms with Gasteiger partial charge in [0.15, 0.2) is 5.79 Å². The maximum absolute atomic E-state index is 9.17. The number of rotatable bonds is 2. The van der Waals surface area contributed by atoms with Gasteiger partial charge in [-0.15, -0.1) is 0 Å². The molecule has 0 bridgehead atoms. The van der Waals surface area contributed by atoms with Crippen LogP contribution in [0.1, 0.15) is 37.7 Å². The maximum atomic E-state index is 9.17. The molecule has 5 heteroatoms. The number of aromatic nitrogens is 2. The van der Waals surface area contributed by atoms with Gasteiger partial charge in [-0.3, -0.25) is 0 Å². The minimum atomic E-state index is -0.341. The Kier molecular flexibility index (Phi) is 3.04. The highest BCUT2D eigenvalue weighted by Gasteiger charge is 2.57. The molecule has 0 unspecified atom stereocenters. The molecular weight excluding hydrogens is 302 g/mol. The average Bonchev–Trinajstić information content (AvgIpc) is 3.08. The summed E-state index contributed by atoms with van der Waals surface area (Å²) in [6, 6.07) is 7.94. The average molecular weight is 323 g/mol. The summed E-state index contributed by atoms with van der Waals surface area (Å²) in [7, 11) is 0. The first kappa shape index (κ1) is 14.4. The SMILES string of the molecule is N#Cc1ccc2ncn(C[C@@H]3CC4(CCC35CC5)OCCO4)c2c1. The molecule has 3 fully saturated rings. The van der Waals surface area contributed by atoms with Gasteiger partial charge >= 0.3 is 0 Å². The largest absolute Gasteiger partial charge is 0.348 e. The predicted octanol–water partition coefficient (Wildman–Crippen LogP) is 3.23. The van der Waals surface area contributed by atoms with Crippen LogP contribution in [0.4, 0.5) is 0 Å². The zero-order valence-electron chi connectivity index (χ0n) is 13.7. The molecule has 2 aliphatic carbocycles. The quantitative estimate of drug-likeness (QED) is 0.851. The Morgan fingerprint density at radius 1 is 1.21 bits per heavy atom. The summed E-state index contributed by atoms with van der Waals surface area (Å²) < 4.78 is 14.2. The molecule has 0 radical (unpaired) electrons. The second-order valence-corrected chi connectivity index (χ2v) is 7.58. The molecule has 124 valence electrons. The van der Waals surface area contributed by atoms with E-state index in [2.05, 4.69) is 15.6 Å². The third-order valence-corrected chi connectivity index (χ3v) is 6.30. The Balaban J connectivity index is 1.46. The van der Waals surface area contributed by atoms with Crippen LogP contribution in [-0.4, -0.2) is 28.6 Å². The monoisotopic (exact) mass is 323 g/mol. The summed E-state index contributed by atoms with van der Waals surface area (Å²) in [5.74, 6) is 0.208. The number of hydrogen-bond donors (Lipinski definition) is 0. The maximum Gasteiger partial charge on any atom is 0.168 e. The second-order valence-electron chi connectivity index (χ2n) is 7.58. The summed E-state index contributed by atoms with van der Waals surface area (Å²) in [4.78, 5) is 4.51. The molecule has 2 heterocycles. The second kappa shape index (κ2) is 5.05. The van der Waals surface area contributed by atoms with Crippen LogP contribution < -0.4 is 0 Å². The van der Waals surface area contributed by atoms with Crippen molar-refractivity contribution in [2.75, 3.05) is 13.2 Å². The Morgan fingerprint density at radius 3 is 2.75 bits per heavy atom. The molecule has 1 atom stereocenters. The molecular formula is C19H21N3O2. The van der Waals surface area contributed by atoms with Crippen LogP contribution in [0.3, 0.4) is 0 Å². The van der Waals surface area contributed by atoms with Crippen molar-refractivity contribution in [3.05, 3.63) is 30.1 Å². The van der Waals surface area contributed by atoms with Crippen LogP contribution in [0.25, 0.3) is 11.0 Å². The highest BCUT2D eigenvalue weighted by atomic mass is 16.7. The van der Waals surface area contributed by atoms with Gasteiger partial charge in [-0.2, -0.15) is 5.26 Å². The smallest absolute Gasteiger partial charge is 0.168 e. The summed E-state index contributed by atoms with van der Waals surface area (Å²) in [6.45, 7) is 2.37. The Labute approximate surface area is 141 Å². The van der Waals surface area contributed by atoms with E-state index in [9.17, 15) is 0 Å². The molecule has 2 aromatic rings. The summed E-state index contributed by atoms with van der Waals surface area (Å²) in [6.07, 6.45) is 7.78. The summed E-state index contributed by atoms with van der Waals surface area (Å²) >= 11 is 0.